The average molecular weight is 214 g/mol. The summed E-state index contributed by atoms with van der Waals surface area (Å²) in [4.78, 5) is 0. The van der Waals surface area contributed by atoms with E-state index in [2.05, 4.69) is 11.3 Å². The Hall–Kier alpha value is -1.42. The maximum atomic E-state index is 13.0. The van der Waals surface area contributed by atoms with Crippen molar-refractivity contribution < 1.29 is 18.6 Å². The molecule has 15 heavy (non-hydrogen) atoms. The fourth-order valence-corrected chi connectivity index (χ4v) is 1.22. The van der Waals surface area contributed by atoms with Crippen molar-refractivity contribution in [3.63, 3.8) is 0 Å². The first-order chi connectivity index (χ1) is 7.10. The van der Waals surface area contributed by atoms with Crippen LogP contribution in [0.3, 0.4) is 0 Å². The van der Waals surface area contributed by atoms with Crippen LogP contribution < -0.4 is 4.74 Å². The second-order valence-corrected chi connectivity index (χ2v) is 3.06. The first kappa shape index (κ1) is 11.7. The molecule has 0 aliphatic rings. The van der Waals surface area contributed by atoms with E-state index in [1.807, 2.05) is 0 Å². The molecule has 1 atom stereocenters. The second kappa shape index (κ2) is 4.89. The van der Waals surface area contributed by atoms with E-state index >= 15 is 0 Å². The summed E-state index contributed by atoms with van der Waals surface area (Å²) in [5, 5.41) is 9.54. The van der Waals surface area contributed by atoms with E-state index < -0.39 is 17.7 Å². The van der Waals surface area contributed by atoms with Crippen LogP contribution in [-0.2, 0) is 0 Å². The monoisotopic (exact) mass is 214 g/mol. The minimum absolute atomic E-state index is 0.215. The van der Waals surface area contributed by atoms with Gasteiger partial charge in [0, 0.05) is 0 Å². The summed E-state index contributed by atoms with van der Waals surface area (Å²) in [7, 11) is 1.24. The van der Waals surface area contributed by atoms with Crippen LogP contribution in [-0.4, -0.2) is 12.2 Å². The molecule has 0 radical (unpaired) electrons. The zero-order chi connectivity index (χ0) is 11.4. The standard InChI is InChI=1S/C11H12F2O2/c1-3-4-9(14)7-5-8(12)11(13)10(6-7)15-2/h3,5-6,9,14H,1,4H2,2H3/t9-/m1/s1. The summed E-state index contributed by atoms with van der Waals surface area (Å²) in [6, 6.07) is 2.22. The number of hydrogen-bond donors (Lipinski definition) is 1. The topological polar surface area (TPSA) is 29.5 Å². The highest BCUT2D eigenvalue weighted by Crippen LogP contribution is 2.26. The number of ether oxygens (including phenoxy) is 1. The van der Waals surface area contributed by atoms with Gasteiger partial charge in [0.1, 0.15) is 0 Å². The molecular formula is C11H12F2O2. The third-order valence-corrected chi connectivity index (χ3v) is 2.01. The van der Waals surface area contributed by atoms with Gasteiger partial charge in [0.05, 0.1) is 13.2 Å². The molecule has 0 spiro atoms. The third-order valence-electron chi connectivity index (χ3n) is 2.01. The lowest BCUT2D eigenvalue weighted by atomic mass is 10.1. The van der Waals surface area contributed by atoms with E-state index in [-0.39, 0.29) is 17.7 Å². The van der Waals surface area contributed by atoms with Crippen LogP contribution in [0, 0.1) is 11.6 Å². The molecule has 4 heteroatoms. The Balaban J connectivity index is 3.10. The highest BCUT2D eigenvalue weighted by atomic mass is 19.2. The van der Waals surface area contributed by atoms with Gasteiger partial charge in [-0.15, -0.1) is 6.58 Å². The van der Waals surface area contributed by atoms with Gasteiger partial charge in [0.25, 0.3) is 0 Å². The van der Waals surface area contributed by atoms with Crippen LogP contribution in [0.2, 0.25) is 0 Å². The molecule has 0 amide bonds. The van der Waals surface area contributed by atoms with Gasteiger partial charge in [0.15, 0.2) is 11.6 Å². The predicted molar refractivity (Wildman–Crippen MR) is 52.7 cm³/mol. The maximum Gasteiger partial charge on any atom is 0.200 e. The van der Waals surface area contributed by atoms with Crippen LogP contribution in [0.25, 0.3) is 0 Å². The van der Waals surface area contributed by atoms with Gasteiger partial charge >= 0.3 is 0 Å². The smallest absolute Gasteiger partial charge is 0.200 e. The van der Waals surface area contributed by atoms with Crippen molar-refractivity contribution in [2.75, 3.05) is 7.11 Å². The van der Waals surface area contributed by atoms with Gasteiger partial charge in [0.2, 0.25) is 5.82 Å². The van der Waals surface area contributed by atoms with E-state index in [4.69, 9.17) is 0 Å². The number of methoxy groups -OCH3 is 1. The first-order valence-electron chi connectivity index (χ1n) is 4.42. The highest BCUT2D eigenvalue weighted by Gasteiger charge is 2.14. The van der Waals surface area contributed by atoms with E-state index in [1.165, 1.54) is 19.3 Å². The molecule has 0 fully saturated rings. The van der Waals surface area contributed by atoms with Gasteiger partial charge in [-0.25, -0.2) is 4.39 Å². The molecule has 0 saturated heterocycles. The lowest BCUT2D eigenvalue weighted by molar-refractivity contribution is 0.180. The van der Waals surface area contributed by atoms with E-state index in [0.29, 0.717) is 0 Å². The van der Waals surface area contributed by atoms with Crippen molar-refractivity contribution in [2.24, 2.45) is 0 Å². The molecule has 0 heterocycles. The number of halogens is 2. The molecule has 1 N–H and O–H groups in total. The van der Waals surface area contributed by atoms with Crippen LogP contribution in [0.5, 0.6) is 5.75 Å². The molecule has 0 aliphatic heterocycles. The van der Waals surface area contributed by atoms with E-state index in [9.17, 15) is 13.9 Å². The zero-order valence-electron chi connectivity index (χ0n) is 8.34. The lowest BCUT2D eigenvalue weighted by Crippen LogP contribution is -2.00. The Labute approximate surface area is 86.8 Å². The molecule has 82 valence electrons. The largest absolute Gasteiger partial charge is 0.494 e. The summed E-state index contributed by atoms with van der Waals surface area (Å²) in [5.41, 5.74) is 0.269. The van der Waals surface area contributed by atoms with Gasteiger partial charge in [-0.05, 0) is 24.1 Å². The van der Waals surface area contributed by atoms with Crippen LogP contribution in [0.15, 0.2) is 24.8 Å². The highest BCUT2D eigenvalue weighted by molar-refractivity contribution is 5.32. The summed E-state index contributed by atoms with van der Waals surface area (Å²) in [6.07, 6.45) is 0.874. The summed E-state index contributed by atoms with van der Waals surface area (Å²) < 4.78 is 30.7. The molecule has 1 aromatic carbocycles. The average Bonchev–Trinajstić information content (AvgIpc) is 2.22. The van der Waals surface area contributed by atoms with Crippen molar-refractivity contribution >= 4 is 0 Å². The van der Waals surface area contributed by atoms with Gasteiger partial charge in [-0.2, -0.15) is 4.39 Å². The van der Waals surface area contributed by atoms with Gasteiger partial charge < -0.3 is 9.84 Å². The van der Waals surface area contributed by atoms with E-state index in [0.717, 1.165) is 6.07 Å². The Bertz CT molecular complexity index is 364. The fourth-order valence-electron chi connectivity index (χ4n) is 1.22. The molecule has 0 saturated carbocycles. The second-order valence-electron chi connectivity index (χ2n) is 3.06. The molecule has 0 unspecified atom stereocenters. The third kappa shape index (κ3) is 2.53. The van der Waals surface area contributed by atoms with Gasteiger partial charge in [-0.1, -0.05) is 6.08 Å². The van der Waals surface area contributed by atoms with Crippen LogP contribution in [0.4, 0.5) is 8.78 Å². The molecule has 0 aliphatic carbocycles. The number of rotatable bonds is 4. The van der Waals surface area contributed by atoms with Crippen molar-refractivity contribution in [3.05, 3.63) is 42.0 Å². The normalized spacial score (nSPS) is 12.3. The maximum absolute atomic E-state index is 13.0. The minimum Gasteiger partial charge on any atom is -0.494 e. The Morgan fingerprint density at radius 1 is 1.53 bits per heavy atom. The van der Waals surface area contributed by atoms with Crippen molar-refractivity contribution in [1.82, 2.24) is 0 Å². The lowest BCUT2D eigenvalue weighted by Gasteiger charge is -2.11. The first-order valence-corrected chi connectivity index (χ1v) is 4.42. The number of hydrogen-bond acceptors (Lipinski definition) is 2. The molecule has 1 rings (SSSR count). The summed E-state index contributed by atoms with van der Waals surface area (Å²) in [5.74, 6) is -2.30. The Morgan fingerprint density at radius 3 is 2.73 bits per heavy atom. The molecular weight excluding hydrogens is 202 g/mol. The molecule has 0 bridgehead atoms. The molecule has 1 aromatic rings. The zero-order valence-corrected chi connectivity index (χ0v) is 8.34. The molecule has 0 aromatic heterocycles. The fraction of sp³-hybridized carbons (Fsp3) is 0.273. The quantitative estimate of drug-likeness (QED) is 0.780. The van der Waals surface area contributed by atoms with Crippen LogP contribution in [0.1, 0.15) is 18.1 Å². The van der Waals surface area contributed by atoms with E-state index in [1.54, 1.807) is 0 Å². The Kier molecular flexibility index (Phi) is 3.80. The predicted octanol–water partition coefficient (Wildman–Crippen LogP) is 2.58. The number of benzene rings is 1. The van der Waals surface area contributed by atoms with Crippen molar-refractivity contribution in [1.29, 1.82) is 0 Å². The SMILES string of the molecule is C=CC[C@@H](O)c1cc(F)c(F)c(OC)c1. The van der Waals surface area contributed by atoms with Crippen LogP contribution >= 0.6 is 0 Å². The van der Waals surface area contributed by atoms with Gasteiger partial charge in [-0.3, -0.25) is 0 Å². The Morgan fingerprint density at radius 2 is 2.20 bits per heavy atom. The minimum atomic E-state index is -1.05. The summed E-state index contributed by atoms with van der Waals surface area (Å²) in [6.45, 7) is 3.45. The summed E-state index contributed by atoms with van der Waals surface area (Å²) >= 11 is 0. The number of aliphatic hydroxyl groups excluding tert-OH is 1. The molecule has 2 nitrogen and oxygen atoms in total. The number of aliphatic hydroxyl groups is 1. The van der Waals surface area contributed by atoms with Crippen molar-refractivity contribution in [2.45, 2.75) is 12.5 Å². The van der Waals surface area contributed by atoms with Crippen molar-refractivity contribution in [3.8, 4) is 5.75 Å².